The van der Waals surface area contributed by atoms with Gasteiger partial charge in [0.15, 0.2) is 0 Å². The molecule has 3 atom stereocenters. The molecule has 1 aromatic heterocycles. The second kappa shape index (κ2) is 6.81. The van der Waals surface area contributed by atoms with E-state index >= 15 is 0 Å². The van der Waals surface area contributed by atoms with Crippen LogP contribution in [0.15, 0.2) is 12.4 Å². The number of rotatable bonds is 5. The van der Waals surface area contributed by atoms with Crippen molar-refractivity contribution in [2.75, 3.05) is 7.05 Å². The molecule has 120 valence electrons. The van der Waals surface area contributed by atoms with Gasteiger partial charge in [-0.1, -0.05) is 6.42 Å². The van der Waals surface area contributed by atoms with Crippen molar-refractivity contribution in [3.63, 3.8) is 0 Å². The highest BCUT2D eigenvalue weighted by Crippen LogP contribution is 2.41. The Morgan fingerprint density at radius 2 is 2.19 bits per heavy atom. The molecule has 1 N–H and O–H groups in total. The normalized spacial score (nSPS) is 25.0. The molecule has 0 aromatic carbocycles. The summed E-state index contributed by atoms with van der Waals surface area (Å²) in [6.07, 6.45) is 2.56. The highest BCUT2D eigenvalue weighted by molar-refractivity contribution is 5.07. The summed E-state index contributed by atoms with van der Waals surface area (Å²) in [6.45, 7) is 2.82. The number of hydrogen-bond acceptors (Lipinski definition) is 2. The molecule has 21 heavy (non-hydrogen) atoms. The third-order valence-electron chi connectivity index (χ3n) is 4.58. The molecule has 3 nitrogen and oxygen atoms in total. The minimum atomic E-state index is -4.05. The molecular weight excluding hydrogens is 279 g/mol. The van der Waals surface area contributed by atoms with E-state index < -0.39 is 12.1 Å². The maximum Gasteiger partial charge on any atom is 0.391 e. The van der Waals surface area contributed by atoms with Gasteiger partial charge in [-0.15, -0.1) is 0 Å². The number of hydrogen-bond donors (Lipinski definition) is 1. The lowest BCUT2D eigenvalue weighted by Crippen LogP contribution is -2.40. The van der Waals surface area contributed by atoms with Crippen LogP contribution < -0.4 is 5.32 Å². The molecule has 6 heteroatoms. The first-order chi connectivity index (χ1) is 9.94. The number of alkyl halides is 3. The van der Waals surface area contributed by atoms with Crippen molar-refractivity contribution in [1.82, 2.24) is 15.1 Å². The van der Waals surface area contributed by atoms with E-state index in [-0.39, 0.29) is 24.8 Å². The lowest BCUT2D eigenvalue weighted by Gasteiger charge is -2.35. The van der Waals surface area contributed by atoms with Crippen molar-refractivity contribution in [2.24, 2.45) is 11.8 Å². The largest absolute Gasteiger partial charge is 0.391 e. The second-order valence-electron chi connectivity index (χ2n) is 5.97. The lowest BCUT2D eigenvalue weighted by atomic mass is 9.76. The van der Waals surface area contributed by atoms with Crippen LogP contribution in [0.25, 0.3) is 0 Å². The molecule has 0 amide bonds. The van der Waals surface area contributed by atoms with Crippen molar-refractivity contribution < 1.29 is 13.2 Å². The summed E-state index contributed by atoms with van der Waals surface area (Å²) in [4.78, 5) is 0. The quantitative estimate of drug-likeness (QED) is 0.903. The predicted octanol–water partition coefficient (Wildman–Crippen LogP) is 3.40. The zero-order valence-electron chi connectivity index (χ0n) is 12.7. The van der Waals surface area contributed by atoms with Crippen LogP contribution in [0.1, 0.15) is 38.2 Å². The average molecular weight is 303 g/mol. The summed E-state index contributed by atoms with van der Waals surface area (Å²) >= 11 is 0. The molecule has 1 aliphatic carbocycles. The van der Waals surface area contributed by atoms with E-state index in [9.17, 15) is 13.2 Å². The average Bonchev–Trinajstić information content (AvgIpc) is 2.91. The van der Waals surface area contributed by atoms with E-state index in [0.29, 0.717) is 6.42 Å². The molecular formula is C15H24F3N3. The summed E-state index contributed by atoms with van der Waals surface area (Å²) in [5.41, 5.74) is 1.09. The third kappa shape index (κ3) is 4.22. The Labute approximate surface area is 123 Å². The van der Waals surface area contributed by atoms with Crippen LogP contribution in [-0.4, -0.2) is 29.0 Å². The zero-order valence-corrected chi connectivity index (χ0v) is 12.7. The molecule has 2 rings (SSSR count). The van der Waals surface area contributed by atoms with Gasteiger partial charge in [-0.05, 0) is 51.1 Å². The molecule has 0 radical (unpaired) electrons. The summed E-state index contributed by atoms with van der Waals surface area (Å²) in [5, 5.41) is 7.45. The summed E-state index contributed by atoms with van der Waals surface area (Å²) in [6, 6.07) is 0.0876. The number of aryl methyl sites for hydroxylation is 1. The highest BCUT2D eigenvalue weighted by Gasteiger charge is 2.43. The van der Waals surface area contributed by atoms with Gasteiger partial charge in [0.25, 0.3) is 0 Å². The number of aromatic nitrogens is 2. The first-order valence-corrected chi connectivity index (χ1v) is 7.69. The standard InChI is InChI=1S/C15H24F3N3/c1-3-21-10-11(9-20-21)7-14(19-2)12-5-4-6-13(8-12)15(16,17)18/h9-10,12-14,19H,3-8H2,1-2H3. The van der Waals surface area contributed by atoms with Crippen molar-refractivity contribution in [1.29, 1.82) is 0 Å². The summed E-state index contributed by atoms with van der Waals surface area (Å²) < 4.78 is 40.6. The van der Waals surface area contributed by atoms with Crippen molar-refractivity contribution in [2.45, 2.75) is 57.8 Å². The fourth-order valence-electron chi connectivity index (χ4n) is 3.33. The van der Waals surface area contributed by atoms with Gasteiger partial charge in [0, 0.05) is 18.8 Å². The SMILES string of the molecule is CCn1cc(CC(NC)C2CCCC(C(F)(F)F)C2)cn1. The van der Waals surface area contributed by atoms with E-state index in [1.807, 2.05) is 31.0 Å². The molecule has 3 unspecified atom stereocenters. The van der Waals surface area contributed by atoms with E-state index in [1.165, 1.54) is 0 Å². The van der Waals surface area contributed by atoms with Crippen LogP contribution in [0.4, 0.5) is 13.2 Å². The van der Waals surface area contributed by atoms with Crippen molar-refractivity contribution in [3.05, 3.63) is 18.0 Å². The Morgan fingerprint density at radius 3 is 2.76 bits per heavy atom. The minimum Gasteiger partial charge on any atom is -0.316 e. The Bertz CT molecular complexity index is 442. The molecule has 0 saturated heterocycles. The molecule has 0 aliphatic heterocycles. The number of nitrogens with zero attached hydrogens (tertiary/aromatic N) is 2. The monoisotopic (exact) mass is 303 g/mol. The Kier molecular flexibility index (Phi) is 5.30. The summed E-state index contributed by atoms with van der Waals surface area (Å²) in [5.74, 6) is -1.05. The zero-order chi connectivity index (χ0) is 15.5. The molecule has 1 heterocycles. The van der Waals surface area contributed by atoms with E-state index in [2.05, 4.69) is 10.4 Å². The predicted molar refractivity (Wildman–Crippen MR) is 76.0 cm³/mol. The number of nitrogens with one attached hydrogen (secondary N) is 1. The van der Waals surface area contributed by atoms with E-state index in [0.717, 1.165) is 24.9 Å². The molecule has 1 fully saturated rings. The minimum absolute atomic E-state index is 0.0837. The first kappa shape index (κ1) is 16.3. The topological polar surface area (TPSA) is 29.9 Å². The van der Waals surface area contributed by atoms with Gasteiger partial charge in [0.2, 0.25) is 0 Å². The van der Waals surface area contributed by atoms with Crippen LogP contribution in [0, 0.1) is 11.8 Å². The molecule has 0 spiro atoms. The van der Waals surface area contributed by atoms with Crippen LogP contribution in [0.5, 0.6) is 0 Å². The van der Waals surface area contributed by atoms with Gasteiger partial charge in [-0.3, -0.25) is 4.68 Å². The first-order valence-electron chi connectivity index (χ1n) is 7.69. The van der Waals surface area contributed by atoms with Gasteiger partial charge in [0.05, 0.1) is 12.1 Å². The lowest BCUT2D eigenvalue weighted by molar-refractivity contribution is -0.186. The maximum absolute atomic E-state index is 12.9. The molecule has 1 aliphatic rings. The maximum atomic E-state index is 12.9. The van der Waals surface area contributed by atoms with Crippen molar-refractivity contribution in [3.8, 4) is 0 Å². The second-order valence-corrected chi connectivity index (χ2v) is 5.97. The van der Waals surface area contributed by atoms with Crippen LogP contribution in [0.2, 0.25) is 0 Å². The third-order valence-corrected chi connectivity index (χ3v) is 4.58. The van der Waals surface area contributed by atoms with Gasteiger partial charge in [-0.25, -0.2) is 0 Å². The van der Waals surface area contributed by atoms with E-state index in [1.54, 1.807) is 0 Å². The Morgan fingerprint density at radius 1 is 1.43 bits per heavy atom. The van der Waals surface area contributed by atoms with Gasteiger partial charge < -0.3 is 5.32 Å². The molecule has 1 aromatic rings. The molecule has 0 bridgehead atoms. The van der Waals surface area contributed by atoms with Crippen LogP contribution in [-0.2, 0) is 13.0 Å². The fourth-order valence-corrected chi connectivity index (χ4v) is 3.33. The Balaban J connectivity index is 1.99. The van der Waals surface area contributed by atoms with Crippen LogP contribution in [0.3, 0.4) is 0 Å². The van der Waals surface area contributed by atoms with E-state index in [4.69, 9.17) is 0 Å². The summed E-state index contributed by atoms with van der Waals surface area (Å²) in [7, 11) is 1.84. The van der Waals surface area contributed by atoms with Crippen molar-refractivity contribution >= 4 is 0 Å². The molecule has 1 saturated carbocycles. The van der Waals surface area contributed by atoms with Gasteiger partial charge in [-0.2, -0.15) is 18.3 Å². The highest BCUT2D eigenvalue weighted by atomic mass is 19.4. The van der Waals surface area contributed by atoms with Crippen LogP contribution >= 0.6 is 0 Å². The Hall–Kier alpha value is -1.04. The smallest absolute Gasteiger partial charge is 0.316 e. The fraction of sp³-hybridized carbons (Fsp3) is 0.800. The number of likely N-dealkylation sites (N-methyl/N-ethyl adjacent to an activating group) is 1. The van der Waals surface area contributed by atoms with Gasteiger partial charge in [0.1, 0.15) is 0 Å². The van der Waals surface area contributed by atoms with Gasteiger partial charge >= 0.3 is 6.18 Å². The number of halogens is 3.